The average molecular weight is 341 g/mol. The minimum atomic E-state index is 0.351. The molecule has 0 atom stereocenters. The lowest BCUT2D eigenvalue weighted by Crippen LogP contribution is -2.30. The van der Waals surface area contributed by atoms with Gasteiger partial charge in [-0.1, -0.05) is 26.0 Å². The van der Waals surface area contributed by atoms with Crippen LogP contribution in [0.3, 0.4) is 0 Å². The Bertz CT molecular complexity index is 1190. The summed E-state index contributed by atoms with van der Waals surface area (Å²) in [7, 11) is 2.01. The van der Waals surface area contributed by atoms with Crippen molar-refractivity contribution in [3.05, 3.63) is 65.4 Å². The molecular weight excluding hydrogens is 320 g/mol. The molecular formula is C23H21N2O+. The molecule has 128 valence electrons. The highest BCUT2D eigenvalue weighted by Crippen LogP contribution is 2.40. The van der Waals surface area contributed by atoms with Crippen LogP contribution in [0, 0.1) is 18.3 Å². The highest BCUT2D eigenvalue weighted by molar-refractivity contribution is 6.12. The predicted octanol–water partition coefficient (Wildman–Crippen LogP) is 5.38. The summed E-state index contributed by atoms with van der Waals surface area (Å²) in [6.07, 6.45) is 2.01. The summed E-state index contributed by atoms with van der Waals surface area (Å²) >= 11 is 0. The van der Waals surface area contributed by atoms with Gasteiger partial charge in [-0.25, -0.2) is 4.57 Å². The number of nitrogens with zero attached hydrogens (tertiary/aromatic N) is 2. The van der Waals surface area contributed by atoms with Crippen LogP contribution in [0.4, 0.5) is 0 Å². The topological polar surface area (TPSA) is 40.8 Å². The van der Waals surface area contributed by atoms with Gasteiger partial charge in [-0.05, 0) is 42.2 Å². The van der Waals surface area contributed by atoms with E-state index in [1.807, 2.05) is 44.4 Å². The summed E-state index contributed by atoms with van der Waals surface area (Å²) in [5.74, 6) is 0.351. The van der Waals surface area contributed by atoms with Crippen molar-refractivity contribution in [2.45, 2.75) is 26.7 Å². The molecule has 0 bridgehead atoms. The highest BCUT2D eigenvalue weighted by Gasteiger charge is 2.24. The third-order valence-corrected chi connectivity index (χ3v) is 5.06. The average Bonchev–Trinajstić information content (AvgIpc) is 2.99. The van der Waals surface area contributed by atoms with E-state index in [2.05, 4.69) is 42.7 Å². The first-order chi connectivity index (χ1) is 12.5. The Kier molecular flexibility index (Phi) is 3.77. The quantitative estimate of drug-likeness (QED) is 0.459. The number of rotatable bonds is 2. The van der Waals surface area contributed by atoms with Gasteiger partial charge in [0.2, 0.25) is 5.69 Å². The van der Waals surface area contributed by atoms with E-state index in [-0.39, 0.29) is 0 Å². The van der Waals surface area contributed by atoms with E-state index in [1.165, 1.54) is 5.56 Å². The number of nitriles is 1. The third kappa shape index (κ3) is 2.30. The lowest BCUT2D eigenvalue weighted by atomic mass is 9.91. The number of furan rings is 1. The van der Waals surface area contributed by atoms with Crippen LogP contribution in [0.15, 0.2) is 53.1 Å². The van der Waals surface area contributed by atoms with Gasteiger partial charge in [-0.15, -0.1) is 0 Å². The van der Waals surface area contributed by atoms with Crippen LogP contribution < -0.4 is 4.57 Å². The molecule has 4 rings (SSSR count). The number of aryl methyl sites for hydroxylation is 2. The zero-order valence-electron chi connectivity index (χ0n) is 15.5. The predicted molar refractivity (Wildman–Crippen MR) is 104 cm³/mol. The molecule has 0 aliphatic rings. The Morgan fingerprint density at radius 3 is 2.54 bits per heavy atom. The van der Waals surface area contributed by atoms with Crippen molar-refractivity contribution in [1.29, 1.82) is 5.26 Å². The van der Waals surface area contributed by atoms with Crippen molar-refractivity contribution >= 4 is 21.9 Å². The van der Waals surface area contributed by atoms with Crippen LogP contribution >= 0.6 is 0 Å². The summed E-state index contributed by atoms with van der Waals surface area (Å²) in [5, 5.41) is 12.1. The van der Waals surface area contributed by atoms with E-state index < -0.39 is 0 Å². The van der Waals surface area contributed by atoms with Gasteiger partial charge in [0.15, 0.2) is 6.20 Å². The molecule has 2 heterocycles. The SMILES string of the molecule is Cc1cc2oc3cccc(C(C)C)c3c2c(C#N)c1-c1cccc[n+]1C. The van der Waals surface area contributed by atoms with Gasteiger partial charge in [0.1, 0.15) is 24.3 Å². The second-order valence-corrected chi connectivity index (χ2v) is 7.10. The molecule has 0 saturated carbocycles. The van der Waals surface area contributed by atoms with Crippen molar-refractivity contribution in [3.8, 4) is 17.3 Å². The Morgan fingerprint density at radius 2 is 1.85 bits per heavy atom. The molecule has 0 radical (unpaired) electrons. The van der Waals surface area contributed by atoms with E-state index in [0.29, 0.717) is 11.5 Å². The van der Waals surface area contributed by atoms with Crippen molar-refractivity contribution in [3.63, 3.8) is 0 Å². The standard InChI is InChI=1S/C23H21N2O/c1-14(2)16-8-7-10-19-22(16)23-17(13-24)21(15(3)12-20(23)26-19)18-9-5-6-11-25(18)4/h5-12,14H,1-4H3/q+1. The van der Waals surface area contributed by atoms with E-state index in [4.69, 9.17) is 4.42 Å². The number of aromatic nitrogens is 1. The summed E-state index contributed by atoms with van der Waals surface area (Å²) in [6, 6.07) is 16.7. The molecule has 0 unspecified atom stereocenters. The molecule has 0 N–H and O–H groups in total. The van der Waals surface area contributed by atoms with Crippen LogP contribution in [0.1, 0.15) is 36.5 Å². The normalized spacial score (nSPS) is 11.4. The second-order valence-electron chi connectivity index (χ2n) is 7.10. The van der Waals surface area contributed by atoms with Crippen LogP contribution in [-0.2, 0) is 7.05 Å². The van der Waals surface area contributed by atoms with E-state index in [0.717, 1.165) is 38.8 Å². The summed E-state index contributed by atoms with van der Waals surface area (Å²) in [4.78, 5) is 0. The molecule has 0 spiro atoms. The number of benzene rings is 2. The van der Waals surface area contributed by atoms with Crippen LogP contribution in [0.5, 0.6) is 0 Å². The van der Waals surface area contributed by atoms with Crippen molar-refractivity contribution in [1.82, 2.24) is 0 Å². The second kappa shape index (κ2) is 6.00. The first kappa shape index (κ1) is 16.4. The molecule has 4 aromatic rings. The fraction of sp³-hybridized carbons (Fsp3) is 0.217. The van der Waals surface area contributed by atoms with Crippen molar-refractivity contribution < 1.29 is 8.98 Å². The fourth-order valence-corrected chi connectivity index (χ4v) is 3.84. The maximum Gasteiger partial charge on any atom is 0.213 e. The molecule has 3 heteroatoms. The zero-order valence-corrected chi connectivity index (χ0v) is 15.5. The van der Waals surface area contributed by atoms with Crippen molar-refractivity contribution in [2.75, 3.05) is 0 Å². The number of hydrogen-bond donors (Lipinski definition) is 0. The van der Waals surface area contributed by atoms with Gasteiger partial charge in [-0.3, -0.25) is 0 Å². The molecule has 0 fully saturated rings. The minimum absolute atomic E-state index is 0.351. The molecule has 2 aromatic heterocycles. The molecule has 2 aromatic carbocycles. The molecule has 3 nitrogen and oxygen atoms in total. The fourth-order valence-electron chi connectivity index (χ4n) is 3.84. The van der Waals surface area contributed by atoms with Crippen molar-refractivity contribution in [2.24, 2.45) is 7.05 Å². The van der Waals surface area contributed by atoms with Gasteiger partial charge in [0.05, 0.1) is 11.1 Å². The monoisotopic (exact) mass is 341 g/mol. The molecule has 0 amide bonds. The van der Waals surface area contributed by atoms with Gasteiger partial charge in [-0.2, -0.15) is 5.26 Å². The third-order valence-electron chi connectivity index (χ3n) is 5.06. The maximum atomic E-state index is 10.1. The largest absolute Gasteiger partial charge is 0.456 e. The lowest BCUT2D eigenvalue weighted by Gasteiger charge is -2.10. The molecule has 26 heavy (non-hydrogen) atoms. The summed E-state index contributed by atoms with van der Waals surface area (Å²) < 4.78 is 8.19. The van der Waals surface area contributed by atoms with Crippen LogP contribution in [0.2, 0.25) is 0 Å². The number of hydrogen-bond acceptors (Lipinski definition) is 2. The smallest absolute Gasteiger partial charge is 0.213 e. The Labute approximate surface area is 153 Å². The molecule has 0 saturated heterocycles. The Morgan fingerprint density at radius 1 is 1.04 bits per heavy atom. The van der Waals surface area contributed by atoms with Crippen LogP contribution in [0.25, 0.3) is 33.2 Å². The first-order valence-electron chi connectivity index (χ1n) is 8.86. The maximum absolute atomic E-state index is 10.1. The molecule has 0 aliphatic heterocycles. The number of fused-ring (bicyclic) bond motifs is 3. The lowest BCUT2D eigenvalue weighted by molar-refractivity contribution is -0.660. The van der Waals surface area contributed by atoms with Gasteiger partial charge in [0, 0.05) is 22.9 Å². The molecule has 0 aliphatic carbocycles. The van der Waals surface area contributed by atoms with Gasteiger partial charge in [0.25, 0.3) is 0 Å². The summed E-state index contributed by atoms with van der Waals surface area (Å²) in [5.41, 5.74) is 6.57. The first-order valence-corrected chi connectivity index (χ1v) is 8.86. The number of pyridine rings is 1. The Hall–Kier alpha value is -3.12. The highest BCUT2D eigenvalue weighted by atomic mass is 16.3. The van der Waals surface area contributed by atoms with E-state index in [1.54, 1.807) is 0 Å². The van der Waals surface area contributed by atoms with Gasteiger partial charge < -0.3 is 4.42 Å². The van der Waals surface area contributed by atoms with E-state index >= 15 is 0 Å². The van der Waals surface area contributed by atoms with Gasteiger partial charge >= 0.3 is 0 Å². The van der Waals surface area contributed by atoms with E-state index in [9.17, 15) is 5.26 Å². The van der Waals surface area contributed by atoms with Crippen LogP contribution in [-0.4, -0.2) is 0 Å². The Balaban J connectivity index is 2.23. The zero-order chi connectivity index (χ0) is 18.4. The minimum Gasteiger partial charge on any atom is -0.456 e. The summed E-state index contributed by atoms with van der Waals surface area (Å²) in [6.45, 7) is 6.39.